The van der Waals surface area contributed by atoms with E-state index in [0.717, 1.165) is 49.4 Å². The van der Waals surface area contributed by atoms with Gasteiger partial charge in [-0.05, 0) is 105 Å². The molecule has 5 nitrogen and oxygen atoms in total. The quantitative estimate of drug-likeness (QED) is 0.177. The van der Waals surface area contributed by atoms with Gasteiger partial charge in [0.1, 0.15) is 4.83 Å². The maximum atomic E-state index is 5.86. The van der Waals surface area contributed by atoms with Crippen LogP contribution in [0, 0.1) is 0 Å². The number of hydrogen-bond donors (Lipinski definition) is 0. The molecule has 0 saturated heterocycles. The second kappa shape index (κ2) is 12.6. The second-order valence-corrected chi connectivity index (χ2v) is 18.7. The maximum Gasteiger partial charge on any atom is 0.236 e. The number of hydrogen-bond acceptors (Lipinski definition) is 3. The summed E-state index contributed by atoms with van der Waals surface area (Å²) in [6.45, 7) is 0. The number of para-hydroxylation sites is 2. The molecule has 6 heteroatoms. The molecular weight excluding hydrogens is 823 g/mol. The van der Waals surface area contributed by atoms with Gasteiger partial charge in [0.15, 0.2) is 0 Å². The van der Waals surface area contributed by atoms with E-state index in [1.807, 2.05) is 0 Å². The van der Waals surface area contributed by atoms with Gasteiger partial charge in [0.05, 0.1) is 38.8 Å². The Kier molecular flexibility index (Phi) is 6.64. The molecule has 5 aromatic heterocycles. The van der Waals surface area contributed by atoms with Crippen LogP contribution in [0.1, 0.15) is 0 Å². The topological polar surface area (TPSA) is 40.6 Å². The second-order valence-electron chi connectivity index (χ2n) is 17.7. The summed E-state index contributed by atoms with van der Waals surface area (Å²) in [5.41, 5.74) is 13.7. The van der Waals surface area contributed by atoms with E-state index in [4.69, 9.17) is 9.97 Å². The fourth-order valence-electron chi connectivity index (χ4n) is 11.7. The summed E-state index contributed by atoms with van der Waals surface area (Å²) in [7, 11) is 0. The number of rotatable bonds is 4. The summed E-state index contributed by atoms with van der Waals surface area (Å²) in [6.07, 6.45) is 0. The molecule has 66 heavy (non-hydrogen) atoms. The summed E-state index contributed by atoms with van der Waals surface area (Å²) in [4.78, 5) is 12.4. The van der Waals surface area contributed by atoms with E-state index < -0.39 is 0 Å². The van der Waals surface area contributed by atoms with Crippen LogP contribution in [0.25, 0.3) is 147 Å². The van der Waals surface area contributed by atoms with Crippen LogP contribution >= 0.6 is 11.3 Å². The van der Waals surface area contributed by atoms with Crippen molar-refractivity contribution in [3.05, 3.63) is 200 Å². The van der Waals surface area contributed by atoms with Gasteiger partial charge in [0.25, 0.3) is 0 Å². The molecule has 10 aromatic carbocycles. The van der Waals surface area contributed by atoms with Gasteiger partial charge >= 0.3 is 0 Å². The summed E-state index contributed by atoms with van der Waals surface area (Å²) >= 11 is 1.75. The van der Waals surface area contributed by atoms with E-state index in [-0.39, 0.29) is 0 Å². The molecule has 0 N–H and O–H groups in total. The molecule has 1 aliphatic carbocycles. The molecule has 0 bridgehead atoms. The van der Waals surface area contributed by atoms with Crippen molar-refractivity contribution in [2.45, 2.75) is 0 Å². The highest BCUT2D eigenvalue weighted by molar-refractivity contribution is 7.25. The molecule has 0 unspecified atom stereocenters. The summed E-state index contributed by atoms with van der Waals surface area (Å²) in [5.74, 6) is 0.667. The molecule has 16 rings (SSSR count). The smallest absolute Gasteiger partial charge is 0.236 e. The van der Waals surface area contributed by atoms with Crippen molar-refractivity contribution in [3.8, 4) is 39.7 Å². The van der Waals surface area contributed by atoms with E-state index >= 15 is 0 Å². The molecule has 1 aliphatic rings. The molecule has 0 amide bonds. The number of benzene rings is 10. The van der Waals surface area contributed by atoms with Gasteiger partial charge in [-0.25, -0.2) is 9.97 Å². The van der Waals surface area contributed by atoms with Gasteiger partial charge in [-0.15, -0.1) is 11.3 Å². The lowest BCUT2D eigenvalue weighted by molar-refractivity contribution is 1.02. The number of nitrogens with zero attached hydrogens (tertiary/aromatic N) is 5. The Morgan fingerprint density at radius 2 is 0.864 bits per heavy atom. The average molecular weight is 856 g/mol. The highest BCUT2D eigenvalue weighted by Gasteiger charge is 2.29. The highest BCUT2D eigenvalue weighted by atomic mass is 32.1. The minimum absolute atomic E-state index is 0.667. The van der Waals surface area contributed by atoms with Gasteiger partial charge in [-0.3, -0.25) is 4.57 Å². The third-order valence-electron chi connectivity index (χ3n) is 14.3. The van der Waals surface area contributed by atoms with Gasteiger partial charge in [-0.1, -0.05) is 127 Å². The van der Waals surface area contributed by atoms with Crippen molar-refractivity contribution >= 4 is 119 Å². The number of thiophene rings is 1. The van der Waals surface area contributed by atoms with Crippen molar-refractivity contribution < 1.29 is 0 Å². The molecular formula is C60H33N5S. The van der Waals surface area contributed by atoms with E-state index in [1.54, 1.807) is 11.3 Å². The van der Waals surface area contributed by atoms with Crippen LogP contribution in [0.3, 0.4) is 0 Å². The minimum atomic E-state index is 0.667. The molecule has 0 radical (unpaired) electrons. The lowest BCUT2D eigenvalue weighted by Gasteiger charge is -2.13. The molecule has 304 valence electrons. The summed E-state index contributed by atoms with van der Waals surface area (Å²) in [5, 5.41) is 14.6. The molecule has 0 saturated carbocycles. The predicted molar refractivity (Wildman–Crippen MR) is 277 cm³/mol. The van der Waals surface area contributed by atoms with Crippen molar-refractivity contribution in [2.75, 3.05) is 0 Å². The first-order valence-corrected chi connectivity index (χ1v) is 23.3. The van der Waals surface area contributed by atoms with Gasteiger partial charge in [0.2, 0.25) is 5.95 Å². The van der Waals surface area contributed by atoms with Crippen LogP contribution in [0.15, 0.2) is 200 Å². The SMILES string of the molecule is c1ccc(-n2c3cc4ccccc4cc3c3c(-c4nc(-n5c6cccc7c6c6c8c9c%10c-7cccc%10ccc9n(-c7ccccc7)c8ccc65)nc5sc6ccccc6c45)cccc32)cc1. The van der Waals surface area contributed by atoms with Crippen molar-refractivity contribution in [1.82, 2.24) is 23.7 Å². The largest absolute Gasteiger partial charge is 0.309 e. The van der Waals surface area contributed by atoms with Gasteiger partial charge < -0.3 is 9.13 Å². The molecule has 5 heterocycles. The van der Waals surface area contributed by atoms with Crippen LogP contribution in [-0.2, 0) is 0 Å². The lowest BCUT2D eigenvalue weighted by Crippen LogP contribution is -2.03. The fourth-order valence-corrected chi connectivity index (χ4v) is 12.8. The predicted octanol–water partition coefficient (Wildman–Crippen LogP) is 16.1. The Bertz CT molecular complexity index is 4630. The monoisotopic (exact) mass is 855 g/mol. The standard InChI is InChI=1S/C60H33N5S/c1-3-17-37(18-4-1)63-46-29-28-34-16-11-22-39-40-23-12-26-45-53(40)56-48(31-30-47(63)57(56)55(46)51(34)39)65(45)60-61-58(54-41-21-9-10-27-50(41)66-59(54)62-60)42-24-13-25-44-52(42)43-32-35-14-7-8-15-36(35)33-49(43)64(44)38-19-5-2-6-20-38/h1-33H. The number of aromatic nitrogens is 5. The van der Waals surface area contributed by atoms with Crippen molar-refractivity contribution in [1.29, 1.82) is 0 Å². The van der Waals surface area contributed by atoms with Crippen LogP contribution < -0.4 is 0 Å². The van der Waals surface area contributed by atoms with Crippen molar-refractivity contribution in [2.24, 2.45) is 0 Å². The zero-order valence-electron chi connectivity index (χ0n) is 35.2. The molecule has 0 fully saturated rings. The normalized spacial score (nSPS) is 12.5. The first-order chi connectivity index (χ1) is 32.8. The van der Waals surface area contributed by atoms with E-state index in [0.29, 0.717) is 5.95 Å². The first kappa shape index (κ1) is 34.9. The first-order valence-electron chi connectivity index (χ1n) is 22.5. The Hall–Kier alpha value is -8.58. The number of fused-ring (bicyclic) bond motifs is 8. The van der Waals surface area contributed by atoms with Crippen LogP contribution in [0.5, 0.6) is 0 Å². The Labute approximate surface area is 380 Å². The molecule has 0 atom stereocenters. The average Bonchev–Trinajstić information content (AvgIpc) is 4.09. The van der Waals surface area contributed by atoms with Gasteiger partial charge in [0, 0.05) is 64.7 Å². The molecule has 15 aromatic rings. The fraction of sp³-hybridized carbons (Fsp3) is 0. The van der Waals surface area contributed by atoms with Crippen LogP contribution in [-0.4, -0.2) is 23.7 Å². The van der Waals surface area contributed by atoms with Crippen LogP contribution in [0.4, 0.5) is 0 Å². The van der Waals surface area contributed by atoms with Crippen molar-refractivity contribution in [3.63, 3.8) is 0 Å². The van der Waals surface area contributed by atoms with E-state index in [9.17, 15) is 0 Å². The summed E-state index contributed by atoms with van der Waals surface area (Å²) in [6, 6.07) is 73.2. The lowest BCUT2D eigenvalue weighted by atomic mass is 9.95. The van der Waals surface area contributed by atoms with Gasteiger partial charge in [-0.2, -0.15) is 0 Å². The summed E-state index contributed by atoms with van der Waals surface area (Å²) < 4.78 is 8.41. The van der Waals surface area contributed by atoms with E-state index in [1.165, 1.54) is 91.6 Å². The minimum Gasteiger partial charge on any atom is -0.309 e. The molecule has 0 aliphatic heterocycles. The Morgan fingerprint density at radius 3 is 1.64 bits per heavy atom. The zero-order valence-corrected chi connectivity index (χ0v) is 36.0. The third kappa shape index (κ3) is 4.39. The Balaban J connectivity index is 1.07. The molecule has 0 spiro atoms. The van der Waals surface area contributed by atoms with Crippen LogP contribution in [0.2, 0.25) is 0 Å². The zero-order chi connectivity index (χ0) is 42.8. The van der Waals surface area contributed by atoms with E-state index in [2.05, 4.69) is 214 Å². The third-order valence-corrected chi connectivity index (χ3v) is 15.4. The highest BCUT2D eigenvalue weighted by Crippen LogP contribution is 2.52. The Morgan fingerprint density at radius 1 is 0.318 bits per heavy atom. The maximum absolute atomic E-state index is 5.86.